The van der Waals surface area contributed by atoms with Gasteiger partial charge in [-0.1, -0.05) is 12.1 Å². The fraction of sp³-hybridized carbons (Fsp3) is 0.538. The Hall–Kier alpha value is -3.36. The number of ether oxygens (including phenoxy) is 1. The predicted octanol–water partition coefficient (Wildman–Crippen LogP) is 3.39. The lowest BCUT2D eigenvalue weighted by Gasteiger charge is -2.34. The zero-order valence-electron chi connectivity index (χ0n) is 21.6. The second-order valence-electron chi connectivity index (χ2n) is 9.54. The molecule has 0 spiro atoms. The van der Waals surface area contributed by atoms with Crippen molar-refractivity contribution in [3.8, 4) is 5.75 Å². The van der Waals surface area contributed by atoms with Crippen molar-refractivity contribution < 1.29 is 14.3 Å². The van der Waals surface area contributed by atoms with Crippen LogP contribution in [0.4, 0.5) is 11.8 Å². The average Bonchev–Trinajstić information content (AvgIpc) is 3.17. The minimum atomic E-state index is -0.0642. The molecular weight excluding hydrogens is 444 g/mol. The van der Waals surface area contributed by atoms with Gasteiger partial charge in [0.1, 0.15) is 17.3 Å². The molecule has 3 heterocycles. The number of benzene rings is 1. The highest BCUT2D eigenvalue weighted by molar-refractivity contribution is 5.98. The van der Waals surface area contributed by atoms with Crippen LogP contribution in [0.15, 0.2) is 18.2 Å². The molecule has 2 aliphatic rings. The summed E-state index contributed by atoms with van der Waals surface area (Å²) in [5.74, 6) is 2.09. The number of hydrogen-bond donors (Lipinski definition) is 1. The smallest absolute Gasteiger partial charge is 0.273 e. The van der Waals surface area contributed by atoms with Gasteiger partial charge in [0.05, 0.1) is 19.2 Å². The molecule has 9 heteroatoms. The first-order chi connectivity index (χ1) is 16.7. The molecule has 9 nitrogen and oxygen atoms in total. The maximum atomic E-state index is 13.2. The molecule has 0 saturated carbocycles. The van der Waals surface area contributed by atoms with Crippen molar-refractivity contribution in [2.24, 2.45) is 0 Å². The summed E-state index contributed by atoms with van der Waals surface area (Å²) in [5, 5.41) is 3.56. The monoisotopic (exact) mass is 480 g/mol. The maximum Gasteiger partial charge on any atom is 0.273 e. The molecule has 1 fully saturated rings. The molecule has 1 unspecified atom stereocenters. The molecular formula is C26H36N6O3. The van der Waals surface area contributed by atoms with Gasteiger partial charge in [-0.2, -0.15) is 4.98 Å². The van der Waals surface area contributed by atoms with E-state index in [-0.39, 0.29) is 23.9 Å². The SMILES string of the molecule is CCOc1cc(C(C)Nc2nc(N3CCN(C(C)=O)CC3)nc3c2CN(C(C)C)C3=O)ccc1C. The number of carbonyl (C=O) groups excluding carboxylic acids is 2. The van der Waals surface area contributed by atoms with Gasteiger partial charge in [0.2, 0.25) is 11.9 Å². The number of rotatable bonds is 7. The number of fused-ring (bicyclic) bond motifs is 1. The van der Waals surface area contributed by atoms with E-state index >= 15 is 0 Å². The lowest BCUT2D eigenvalue weighted by Crippen LogP contribution is -2.48. The average molecular weight is 481 g/mol. The predicted molar refractivity (Wildman–Crippen MR) is 136 cm³/mol. The molecule has 4 rings (SSSR count). The van der Waals surface area contributed by atoms with Gasteiger partial charge in [0, 0.05) is 44.7 Å². The summed E-state index contributed by atoms with van der Waals surface area (Å²) in [6, 6.07) is 6.22. The van der Waals surface area contributed by atoms with Gasteiger partial charge < -0.3 is 24.8 Å². The zero-order chi connectivity index (χ0) is 25.3. The van der Waals surface area contributed by atoms with Crippen LogP contribution in [0.2, 0.25) is 0 Å². The Morgan fingerprint density at radius 3 is 2.49 bits per heavy atom. The van der Waals surface area contributed by atoms with E-state index in [0.717, 1.165) is 22.4 Å². The van der Waals surface area contributed by atoms with Gasteiger partial charge in [-0.3, -0.25) is 9.59 Å². The number of piperazine rings is 1. The minimum Gasteiger partial charge on any atom is -0.494 e. The Labute approximate surface area is 207 Å². The second-order valence-corrected chi connectivity index (χ2v) is 9.54. The molecule has 1 atom stereocenters. The van der Waals surface area contributed by atoms with Gasteiger partial charge >= 0.3 is 0 Å². The largest absolute Gasteiger partial charge is 0.494 e. The molecule has 35 heavy (non-hydrogen) atoms. The highest BCUT2D eigenvalue weighted by Gasteiger charge is 2.35. The van der Waals surface area contributed by atoms with Crippen LogP contribution >= 0.6 is 0 Å². The molecule has 0 aliphatic carbocycles. The number of nitrogens with zero attached hydrogens (tertiary/aromatic N) is 5. The number of amides is 2. The Morgan fingerprint density at radius 1 is 1.14 bits per heavy atom. The van der Waals surface area contributed by atoms with Crippen LogP contribution in [0.25, 0.3) is 0 Å². The van der Waals surface area contributed by atoms with Gasteiger partial charge in [0.25, 0.3) is 5.91 Å². The fourth-order valence-electron chi connectivity index (χ4n) is 4.56. The molecule has 2 aliphatic heterocycles. The summed E-state index contributed by atoms with van der Waals surface area (Å²) in [6.45, 7) is 15.3. The van der Waals surface area contributed by atoms with Crippen LogP contribution < -0.4 is 15.0 Å². The Balaban J connectivity index is 1.66. The van der Waals surface area contributed by atoms with Crippen molar-refractivity contribution in [3.63, 3.8) is 0 Å². The third-order valence-electron chi connectivity index (χ3n) is 6.78. The maximum absolute atomic E-state index is 13.2. The summed E-state index contributed by atoms with van der Waals surface area (Å²) < 4.78 is 5.79. The second kappa shape index (κ2) is 10.1. The Morgan fingerprint density at radius 2 is 1.86 bits per heavy atom. The van der Waals surface area contributed by atoms with Crippen molar-refractivity contribution in [2.45, 2.75) is 60.2 Å². The third-order valence-corrected chi connectivity index (χ3v) is 6.78. The summed E-state index contributed by atoms with van der Waals surface area (Å²) >= 11 is 0. The van der Waals surface area contributed by atoms with Gasteiger partial charge in [0.15, 0.2) is 0 Å². The first-order valence-corrected chi connectivity index (χ1v) is 12.4. The zero-order valence-corrected chi connectivity index (χ0v) is 21.6. The van der Waals surface area contributed by atoms with E-state index in [2.05, 4.69) is 35.3 Å². The van der Waals surface area contributed by atoms with E-state index < -0.39 is 0 Å². The van der Waals surface area contributed by atoms with Crippen LogP contribution in [-0.2, 0) is 11.3 Å². The summed E-state index contributed by atoms with van der Waals surface area (Å²) in [5.41, 5.74) is 3.47. The van der Waals surface area contributed by atoms with Gasteiger partial charge in [-0.25, -0.2) is 4.98 Å². The highest BCUT2D eigenvalue weighted by Crippen LogP contribution is 2.33. The first-order valence-electron chi connectivity index (χ1n) is 12.4. The van der Waals surface area contributed by atoms with E-state index in [1.807, 2.05) is 37.5 Å². The summed E-state index contributed by atoms with van der Waals surface area (Å²) in [4.78, 5) is 40.3. The fourth-order valence-corrected chi connectivity index (χ4v) is 4.56. The van der Waals surface area contributed by atoms with Crippen LogP contribution in [0.3, 0.4) is 0 Å². The lowest BCUT2D eigenvalue weighted by molar-refractivity contribution is -0.129. The van der Waals surface area contributed by atoms with E-state index in [1.54, 1.807) is 6.92 Å². The van der Waals surface area contributed by atoms with Crippen LogP contribution in [0, 0.1) is 6.92 Å². The van der Waals surface area contributed by atoms with Crippen molar-refractivity contribution in [1.29, 1.82) is 0 Å². The van der Waals surface area contributed by atoms with Crippen molar-refractivity contribution >= 4 is 23.6 Å². The topological polar surface area (TPSA) is 90.9 Å². The van der Waals surface area contributed by atoms with Gasteiger partial charge in [-0.05, 0) is 51.8 Å². The first kappa shape index (κ1) is 24.8. The van der Waals surface area contributed by atoms with Crippen LogP contribution in [0.5, 0.6) is 5.75 Å². The summed E-state index contributed by atoms with van der Waals surface area (Å²) in [6.07, 6.45) is 0. The van der Waals surface area contributed by atoms with Crippen molar-refractivity contribution in [2.75, 3.05) is 43.0 Å². The van der Waals surface area contributed by atoms with Crippen LogP contribution in [0.1, 0.15) is 67.8 Å². The molecule has 0 radical (unpaired) electrons. The van der Waals surface area contributed by atoms with E-state index in [4.69, 9.17) is 14.7 Å². The number of carbonyl (C=O) groups is 2. The van der Waals surface area contributed by atoms with E-state index in [1.165, 1.54) is 0 Å². The third kappa shape index (κ3) is 5.04. The minimum absolute atomic E-state index is 0.0561. The molecule has 1 N–H and O–H groups in total. The number of aryl methyl sites for hydroxylation is 1. The number of nitrogens with one attached hydrogen (secondary N) is 1. The normalized spacial score (nSPS) is 16.5. The Bertz CT molecular complexity index is 1110. The standard InChI is InChI=1S/C26H36N6O3/c1-7-35-22-14-20(9-8-17(22)4)18(5)27-24-21-15-32(16(2)3)25(34)23(21)28-26(29-24)31-12-10-30(11-13-31)19(6)33/h8-9,14,16,18H,7,10-13,15H2,1-6H3,(H,27,28,29). The highest BCUT2D eigenvalue weighted by atomic mass is 16.5. The molecule has 2 aromatic rings. The molecule has 1 saturated heterocycles. The van der Waals surface area contributed by atoms with E-state index in [0.29, 0.717) is 56.8 Å². The number of anilines is 2. The van der Waals surface area contributed by atoms with Gasteiger partial charge in [-0.15, -0.1) is 0 Å². The van der Waals surface area contributed by atoms with Crippen LogP contribution in [-0.4, -0.2) is 70.4 Å². The Kier molecular flexibility index (Phi) is 7.14. The molecule has 1 aromatic heterocycles. The molecule has 1 aromatic carbocycles. The number of hydrogen-bond acceptors (Lipinski definition) is 7. The molecule has 2 amide bonds. The molecule has 0 bridgehead atoms. The van der Waals surface area contributed by atoms with Crippen molar-refractivity contribution in [1.82, 2.24) is 19.8 Å². The van der Waals surface area contributed by atoms with E-state index in [9.17, 15) is 9.59 Å². The van der Waals surface area contributed by atoms with Crippen molar-refractivity contribution in [3.05, 3.63) is 40.6 Å². The molecule has 188 valence electrons. The summed E-state index contributed by atoms with van der Waals surface area (Å²) in [7, 11) is 0. The lowest BCUT2D eigenvalue weighted by atomic mass is 10.1. The quantitative estimate of drug-likeness (QED) is 0.650. The number of aromatic nitrogens is 2.